The molecule has 5 rings (SSSR count). The van der Waals surface area contributed by atoms with Crippen LogP contribution in [0, 0.1) is 17.0 Å². The SMILES string of the molecule is Cc1ccccc1[C@@H]1C(/C=N\NC(=O)c2ccc([N+](=O)[O-])o2)=C(c2cccs2)Oc2ccccc21. The van der Waals surface area contributed by atoms with E-state index in [1.165, 1.54) is 6.07 Å². The maximum absolute atomic E-state index is 12.5. The minimum Gasteiger partial charge on any atom is -0.455 e. The number of rotatable bonds is 6. The smallest absolute Gasteiger partial charge is 0.433 e. The molecule has 8 nitrogen and oxygen atoms in total. The lowest BCUT2D eigenvalue weighted by Gasteiger charge is -2.30. The van der Waals surface area contributed by atoms with Crippen molar-refractivity contribution in [3.63, 3.8) is 0 Å². The van der Waals surface area contributed by atoms with Gasteiger partial charge in [-0.2, -0.15) is 5.10 Å². The van der Waals surface area contributed by atoms with Crippen LogP contribution in [0.2, 0.25) is 0 Å². The first-order valence-corrected chi connectivity index (χ1v) is 11.6. The highest BCUT2D eigenvalue weighted by Gasteiger charge is 2.32. The molecule has 2 aromatic carbocycles. The highest BCUT2D eigenvalue weighted by Crippen LogP contribution is 2.46. The van der Waals surface area contributed by atoms with Gasteiger partial charge in [-0.1, -0.05) is 48.5 Å². The van der Waals surface area contributed by atoms with E-state index >= 15 is 0 Å². The number of fused-ring (bicyclic) bond motifs is 1. The first-order valence-electron chi connectivity index (χ1n) is 10.7. The van der Waals surface area contributed by atoms with Crippen LogP contribution in [0.4, 0.5) is 5.88 Å². The Morgan fingerprint density at radius 2 is 1.83 bits per heavy atom. The Morgan fingerprint density at radius 1 is 1.06 bits per heavy atom. The van der Waals surface area contributed by atoms with Crippen LogP contribution in [0.15, 0.2) is 93.3 Å². The monoisotopic (exact) mass is 485 g/mol. The summed E-state index contributed by atoms with van der Waals surface area (Å²) in [6.45, 7) is 2.05. The Kier molecular flexibility index (Phi) is 5.99. The average Bonchev–Trinajstić information content (AvgIpc) is 3.57. The van der Waals surface area contributed by atoms with Gasteiger partial charge in [-0.3, -0.25) is 14.9 Å². The molecule has 0 spiro atoms. The van der Waals surface area contributed by atoms with E-state index in [2.05, 4.69) is 29.6 Å². The van der Waals surface area contributed by atoms with E-state index in [0.29, 0.717) is 5.76 Å². The number of ether oxygens (including phenoxy) is 1. The highest BCUT2D eigenvalue weighted by molar-refractivity contribution is 7.11. The third kappa shape index (κ3) is 4.36. The van der Waals surface area contributed by atoms with Crippen LogP contribution < -0.4 is 10.2 Å². The predicted molar refractivity (Wildman–Crippen MR) is 133 cm³/mol. The summed E-state index contributed by atoms with van der Waals surface area (Å²) >= 11 is 1.54. The third-order valence-electron chi connectivity index (χ3n) is 5.62. The second kappa shape index (κ2) is 9.40. The molecule has 0 unspecified atom stereocenters. The van der Waals surface area contributed by atoms with Crippen LogP contribution in [-0.2, 0) is 0 Å². The number of amides is 1. The summed E-state index contributed by atoms with van der Waals surface area (Å²) in [5.41, 5.74) is 6.35. The van der Waals surface area contributed by atoms with Crippen LogP contribution in [0.25, 0.3) is 5.76 Å². The molecule has 1 N–H and O–H groups in total. The number of para-hydroxylation sites is 1. The van der Waals surface area contributed by atoms with Crippen molar-refractivity contribution in [2.24, 2.45) is 5.10 Å². The number of nitrogens with one attached hydrogen (secondary N) is 1. The summed E-state index contributed by atoms with van der Waals surface area (Å²) in [5.74, 6) is -0.201. The number of carbonyl (C=O) groups excluding carboxylic acids is 1. The number of carbonyl (C=O) groups is 1. The van der Waals surface area contributed by atoms with E-state index in [0.717, 1.165) is 39.0 Å². The van der Waals surface area contributed by atoms with E-state index in [1.807, 2.05) is 53.9 Å². The van der Waals surface area contributed by atoms with E-state index in [1.54, 1.807) is 17.6 Å². The molecule has 2 aromatic heterocycles. The van der Waals surface area contributed by atoms with Crippen molar-refractivity contribution in [3.8, 4) is 5.75 Å². The number of nitrogens with zero attached hydrogens (tertiary/aromatic N) is 2. The zero-order valence-corrected chi connectivity index (χ0v) is 19.3. The van der Waals surface area contributed by atoms with Crippen LogP contribution in [0.1, 0.15) is 38.0 Å². The van der Waals surface area contributed by atoms with Gasteiger partial charge in [-0.15, -0.1) is 11.3 Å². The maximum atomic E-state index is 12.5. The van der Waals surface area contributed by atoms with E-state index < -0.39 is 16.7 Å². The summed E-state index contributed by atoms with van der Waals surface area (Å²) < 4.78 is 11.3. The standard InChI is InChI=1S/C26H19N3O5S/c1-16-7-2-3-8-17(16)24-18-9-4-5-10-20(18)34-25(22-11-6-14-35-22)19(24)15-27-28-26(30)21-12-13-23(33-21)29(31)32/h2-15,24H,1H3,(H,28,30)/b27-15-/t24-/m0/s1. The van der Waals surface area contributed by atoms with Gasteiger partial charge in [0.2, 0.25) is 5.76 Å². The number of hydrogen-bond acceptors (Lipinski definition) is 7. The Labute approximate surface area is 204 Å². The van der Waals surface area contributed by atoms with E-state index in [9.17, 15) is 14.9 Å². The Morgan fingerprint density at radius 3 is 2.54 bits per heavy atom. The first kappa shape index (κ1) is 22.3. The molecule has 9 heteroatoms. The second-order valence-electron chi connectivity index (χ2n) is 7.79. The van der Waals surface area contributed by atoms with Gasteiger partial charge >= 0.3 is 11.8 Å². The van der Waals surface area contributed by atoms with Crippen molar-refractivity contribution >= 4 is 35.1 Å². The molecule has 0 saturated heterocycles. The quantitative estimate of drug-likeness (QED) is 0.208. The third-order valence-corrected chi connectivity index (χ3v) is 6.49. The van der Waals surface area contributed by atoms with Crippen LogP contribution in [0.3, 0.4) is 0 Å². The fraction of sp³-hybridized carbons (Fsp3) is 0.0769. The van der Waals surface area contributed by atoms with Gasteiger partial charge in [-0.05, 0) is 41.6 Å². The lowest BCUT2D eigenvalue weighted by molar-refractivity contribution is -0.402. The number of aryl methyl sites for hydroxylation is 1. The number of hydrazone groups is 1. The highest BCUT2D eigenvalue weighted by atomic mass is 32.1. The second-order valence-corrected chi connectivity index (χ2v) is 8.73. The lowest BCUT2D eigenvalue weighted by Crippen LogP contribution is -2.20. The van der Waals surface area contributed by atoms with Crippen molar-refractivity contribution in [1.82, 2.24) is 5.43 Å². The molecule has 0 fully saturated rings. The maximum Gasteiger partial charge on any atom is 0.433 e. The molecule has 0 bridgehead atoms. The first-order chi connectivity index (χ1) is 17.0. The van der Waals surface area contributed by atoms with Crippen molar-refractivity contribution in [2.75, 3.05) is 0 Å². The molecule has 0 saturated carbocycles. The molecule has 35 heavy (non-hydrogen) atoms. The Hall–Kier alpha value is -4.50. The molecular weight excluding hydrogens is 466 g/mol. The lowest BCUT2D eigenvalue weighted by atomic mass is 9.80. The molecule has 174 valence electrons. The molecule has 4 aromatic rings. The predicted octanol–water partition coefficient (Wildman–Crippen LogP) is 5.91. The number of furan rings is 1. The van der Waals surface area contributed by atoms with Gasteiger partial charge in [0.05, 0.1) is 17.2 Å². The van der Waals surface area contributed by atoms with Crippen LogP contribution >= 0.6 is 11.3 Å². The Bertz CT molecular complexity index is 1470. The van der Waals surface area contributed by atoms with Gasteiger partial charge in [-0.25, -0.2) is 5.43 Å². The van der Waals surface area contributed by atoms with Crippen LogP contribution in [-0.4, -0.2) is 17.0 Å². The normalized spacial score (nSPS) is 15.1. The summed E-state index contributed by atoms with van der Waals surface area (Å²) in [7, 11) is 0. The minimum atomic E-state index is -0.707. The van der Waals surface area contributed by atoms with Crippen LogP contribution in [0.5, 0.6) is 5.75 Å². The van der Waals surface area contributed by atoms with Gasteiger partial charge in [0.15, 0.2) is 0 Å². The zero-order chi connectivity index (χ0) is 24.4. The molecule has 1 atom stereocenters. The summed E-state index contributed by atoms with van der Waals surface area (Å²) in [5, 5.41) is 17.0. The molecular formula is C26H19N3O5S. The topological polar surface area (TPSA) is 107 Å². The Balaban J connectivity index is 1.57. The molecule has 0 aliphatic carbocycles. The number of allylic oxidation sites excluding steroid dienone is 1. The minimum absolute atomic E-state index is 0.191. The van der Waals surface area contributed by atoms with Gasteiger partial charge in [0.1, 0.15) is 16.4 Å². The van der Waals surface area contributed by atoms with Crippen molar-refractivity contribution in [1.29, 1.82) is 0 Å². The number of benzene rings is 2. The van der Waals surface area contributed by atoms with Gasteiger partial charge in [0, 0.05) is 17.1 Å². The molecule has 0 radical (unpaired) electrons. The van der Waals surface area contributed by atoms with Gasteiger partial charge in [0.25, 0.3) is 0 Å². The molecule has 1 amide bonds. The zero-order valence-electron chi connectivity index (χ0n) is 18.5. The average molecular weight is 486 g/mol. The molecule has 3 heterocycles. The van der Waals surface area contributed by atoms with Gasteiger partial charge < -0.3 is 9.15 Å². The summed E-state index contributed by atoms with van der Waals surface area (Å²) in [6, 6.07) is 22.2. The molecule has 1 aliphatic heterocycles. The number of thiophene rings is 1. The van der Waals surface area contributed by atoms with Crippen molar-refractivity contribution in [2.45, 2.75) is 12.8 Å². The molecule has 1 aliphatic rings. The fourth-order valence-electron chi connectivity index (χ4n) is 4.02. The number of hydrogen-bond donors (Lipinski definition) is 1. The number of nitro groups is 1. The van der Waals surface area contributed by atoms with Crippen molar-refractivity contribution in [3.05, 3.63) is 121 Å². The van der Waals surface area contributed by atoms with E-state index in [4.69, 9.17) is 9.15 Å². The summed E-state index contributed by atoms with van der Waals surface area (Å²) in [4.78, 5) is 23.5. The van der Waals surface area contributed by atoms with E-state index in [-0.39, 0.29) is 11.7 Å². The largest absolute Gasteiger partial charge is 0.455 e. The fourth-order valence-corrected chi connectivity index (χ4v) is 4.75. The van der Waals surface area contributed by atoms with Crippen molar-refractivity contribution < 1.29 is 18.9 Å². The summed E-state index contributed by atoms with van der Waals surface area (Å²) in [6.07, 6.45) is 1.57.